The van der Waals surface area contributed by atoms with Gasteiger partial charge >= 0.3 is 0 Å². The van der Waals surface area contributed by atoms with Crippen LogP contribution in [0.4, 0.5) is 0 Å². The van der Waals surface area contributed by atoms with Gasteiger partial charge in [-0.2, -0.15) is 5.10 Å². The smallest absolute Gasteiger partial charge is 0.180 e. The summed E-state index contributed by atoms with van der Waals surface area (Å²) < 4.78 is 2.40. The van der Waals surface area contributed by atoms with Crippen molar-refractivity contribution in [2.24, 2.45) is 7.05 Å². The van der Waals surface area contributed by atoms with Gasteiger partial charge in [0.1, 0.15) is 0 Å². The third kappa shape index (κ3) is 2.89. The Morgan fingerprint density at radius 2 is 2.24 bits per heavy atom. The lowest BCUT2D eigenvalue weighted by molar-refractivity contribution is 0.0896. The molecule has 6 heteroatoms. The van der Waals surface area contributed by atoms with E-state index in [1.54, 1.807) is 24.0 Å². The Kier molecular flexibility index (Phi) is 3.54. The summed E-state index contributed by atoms with van der Waals surface area (Å²) in [6, 6.07) is 1.73. The summed E-state index contributed by atoms with van der Waals surface area (Å²) >= 11 is 4.61. The second-order valence-electron chi connectivity index (χ2n) is 3.55. The number of aryl methyl sites for hydroxylation is 1. The van der Waals surface area contributed by atoms with Crippen LogP contribution in [-0.2, 0) is 7.05 Å². The van der Waals surface area contributed by atoms with Crippen LogP contribution in [0.5, 0.6) is 0 Å². The van der Waals surface area contributed by atoms with Gasteiger partial charge in [-0.25, -0.2) is 0 Å². The Balaban J connectivity index is 2.07. The van der Waals surface area contributed by atoms with E-state index in [4.69, 9.17) is 0 Å². The number of thiophene rings is 1. The van der Waals surface area contributed by atoms with Gasteiger partial charge in [-0.1, -0.05) is 0 Å². The topological polar surface area (TPSA) is 52.0 Å². The summed E-state index contributed by atoms with van der Waals surface area (Å²) in [6.07, 6.45) is 2.97. The molecule has 0 saturated carbocycles. The first-order valence-corrected chi connectivity index (χ1v) is 6.52. The molecule has 0 unspecified atom stereocenters. The minimum atomic E-state index is -0.201. The van der Waals surface area contributed by atoms with Gasteiger partial charge in [-0.15, -0.1) is 11.3 Å². The number of carbonyl (C=O) groups excluding carboxylic acids is 2. The number of aromatic nitrogens is 2. The van der Waals surface area contributed by atoms with Gasteiger partial charge in [0.05, 0.1) is 23.1 Å². The second kappa shape index (κ2) is 4.93. The molecule has 0 bridgehead atoms. The van der Waals surface area contributed by atoms with Gasteiger partial charge in [0.25, 0.3) is 0 Å². The molecule has 0 atom stereocenters. The molecule has 0 aliphatic heterocycles. The van der Waals surface area contributed by atoms with E-state index >= 15 is 0 Å². The number of hydrogen-bond donors (Lipinski definition) is 0. The lowest BCUT2D eigenvalue weighted by Crippen LogP contribution is -2.06. The van der Waals surface area contributed by atoms with Crippen molar-refractivity contribution >= 4 is 38.8 Å². The third-order valence-electron chi connectivity index (χ3n) is 2.19. The first-order chi connectivity index (χ1) is 8.06. The fraction of sp³-hybridized carbons (Fsp3) is 0.182. The van der Waals surface area contributed by atoms with Gasteiger partial charge < -0.3 is 0 Å². The number of carbonyl (C=O) groups is 2. The van der Waals surface area contributed by atoms with E-state index in [2.05, 4.69) is 21.0 Å². The van der Waals surface area contributed by atoms with E-state index in [-0.39, 0.29) is 18.0 Å². The first kappa shape index (κ1) is 12.2. The lowest BCUT2D eigenvalue weighted by Gasteiger charge is -1.95. The van der Waals surface area contributed by atoms with Crippen LogP contribution in [0.3, 0.4) is 0 Å². The average Bonchev–Trinajstić information content (AvgIpc) is 2.87. The molecule has 2 rings (SSSR count). The summed E-state index contributed by atoms with van der Waals surface area (Å²) in [4.78, 5) is 24.1. The molecule has 0 spiro atoms. The molecule has 2 heterocycles. The average molecular weight is 313 g/mol. The summed E-state index contributed by atoms with van der Waals surface area (Å²) in [5.74, 6) is -0.359. The van der Waals surface area contributed by atoms with Crippen molar-refractivity contribution in [1.82, 2.24) is 9.78 Å². The standard InChI is InChI=1S/C11H9BrN2O2S/c1-14-5-7(4-13-14)9(15)3-10(16)11-2-8(12)6-17-11/h2,4-6H,3H2,1H3. The molecular formula is C11H9BrN2O2S. The van der Waals surface area contributed by atoms with E-state index in [0.717, 1.165) is 4.47 Å². The van der Waals surface area contributed by atoms with Gasteiger partial charge in [0, 0.05) is 23.1 Å². The largest absolute Gasteiger partial charge is 0.294 e. The highest BCUT2D eigenvalue weighted by Gasteiger charge is 2.16. The van der Waals surface area contributed by atoms with Gasteiger partial charge in [-0.05, 0) is 22.0 Å². The zero-order valence-corrected chi connectivity index (χ0v) is 11.4. The van der Waals surface area contributed by atoms with Crippen molar-refractivity contribution in [3.8, 4) is 0 Å². The maximum absolute atomic E-state index is 11.8. The van der Waals surface area contributed by atoms with Crippen molar-refractivity contribution in [3.05, 3.63) is 38.8 Å². The molecule has 88 valence electrons. The molecule has 0 aromatic carbocycles. The maximum atomic E-state index is 11.8. The normalized spacial score (nSPS) is 10.5. The van der Waals surface area contributed by atoms with Crippen molar-refractivity contribution in [3.63, 3.8) is 0 Å². The van der Waals surface area contributed by atoms with Crippen LogP contribution in [0.25, 0.3) is 0 Å². The predicted molar refractivity (Wildman–Crippen MR) is 68.5 cm³/mol. The molecule has 0 amide bonds. The Morgan fingerprint density at radius 3 is 2.76 bits per heavy atom. The molecule has 2 aromatic heterocycles. The number of Topliss-reactive ketones (excluding diaryl/α,β-unsaturated/α-hetero) is 2. The van der Waals surface area contributed by atoms with E-state index in [9.17, 15) is 9.59 Å². The predicted octanol–water partition coefficient (Wildman–Crippen LogP) is 2.70. The van der Waals surface area contributed by atoms with Crippen LogP contribution in [0, 0.1) is 0 Å². The molecule has 4 nitrogen and oxygen atoms in total. The molecular weight excluding hydrogens is 304 g/mol. The monoisotopic (exact) mass is 312 g/mol. The van der Waals surface area contributed by atoms with E-state index in [1.807, 2.05) is 5.38 Å². The van der Waals surface area contributed by atoms with Gasteiger partial charge in [-0.3, -0.25) is 14.3 Å². The molecule has 0 saturated heterocycles. The molecule has 0 N–H and O–H groups in total. The number of nitrogens with zero attached hydrogens (tertiary/aromatic N) is 2. The SMILES string of the molecule is Cn1cc(C(=O)CC(=O)c2cc(Br)cs2)cn1. The summed E-state index contributed by atoms with van der Waals surface area (Å²) in [5, 5.41) is 5.72. The Hall–Kier alpha value is -1.27. The maximum Gasteiger partial charge on any atom is 0.180 e. The summed E-state index contributed by atoms with van der Waals surface area (Å²) in [5.41, 5.74) is 0.469. The second-order valence-corrected chi connectivity index (χ2v) is 5.38. The molecule has 0 aliphatic rings. The minimum Gasteiger partial charge on any atom is -0.294 e. The Bertz CT molecular complexity index is 523. The highest BCUT2D eigenvalue weighted by Crippen LogP contribution is 2.21. The Morgan fingerprint density at radius 1 is 1.47 bits per heavy atom. The molecule has 17 heavy (non-hydrogen) atoms. The fourth-order valence-corrected chi connectivity index (χ4v) is 2.73. The quantitative estimate of drug-likeness (QED) is 0.644. The molecule has 2 aromatic rings. The number of hydrogen-bond acceptors (Lipinski definition) is 4. The lowest BCUT2D eigenvalue weighted by atomic mass is 10.1. The van der Waals surface area contributed by atoms with Gasteiger partial charge in [0.15, 0.2) is 11.6 Å². The van der Waals surface area contributed by atoms with Crippen LogP contribution >= 0.6 is 27.3 Å². The third-order valence-corrected chi connectivity index (χ3v) is 3.92. The zero-order chi connectivity index (χ0) is 12.4. The highest BCUT2D eigenvalue weighted by molar-refractivity contribution is 9.10. The number of ketones is 2. The van der Waals surface area contributed by atoms with Crippen LogP contribution in [-0.4, -0.2) is 21.3 Å². The van der Waals surface area contributed by atoms with Crippen LogP contribution in [0.1, 0.15) is 26.5 Å². The molecule has 0 aliphatic carbocycles. The van der Waals surface area contributed by atoms with Crippen LogP contribution < -0.4 is 0 Å². The van der Waals surface area contributed by atoms with E-state index in [0.29, 0.717) is 10.4 Å². The van der Waals surface area contributed by atoms with Gasteiger partial charge in [0.2, 0.25) is 0 Å². The van der Waals surface area contributed by atoms with Crippen molar-refractivity contribution in [2.45, 2.75) is 6.42 Å². The molecule has 0 fully saturated rings. The van der Waals surface area contributed by atoms with E-state index < -0.39 is 0 Å². The highest BCUT2D eigenvalue weighted by atomic mass is 79.9. The van der Waals surface area contributed by atoms with Crippen molar-refractivity contribution in [2.75, 3.05) is 0 Å². The number of halogens is 1. The van der Waals surface area contributed by atoms with Crippen molar-refractivity contribution < 1.29 is 9.59 Å². The number of rotatable bonds is 4. The summed E-state index contributed by atoms with van der Waals surface area (Å²) in [7, 11) is 1.73. The van der Waals surface area contributed by atoms with Crippen LogP contribution in [0.15, 0.2) is 28.3 Å². The molecule has 0 radical (unpaired) electrons. The zero-order valence-electron chi connectivity index (χ0n) is 9.01. The van der Waals surface area contributed by atoms with Crippen molar-refractivity contribution in [1.29, 1.82) is 0 Å². The fourth-order valence-electron chi connectivity index (χ4n) is 1.36. The Labute approximate surface area is 110 Å². The first-order valence-electron chi connectivity index (χ1n) is 4.85. The van der Waals surface area contributed by atoms with Crippen LogP contribution in [0.2, 0.25) is 0 Å². The summed E-state index contributed by atoms with van der Waals surface area (Å²) in [6.45, 7) is 0. The van der Waals surface area contributed by atoms with E-state index in [1.165, 1.54) is 17.5 Å². The minimum absolute atomic E-state index is 0.112.